The van der Waals surface area contributed by atoms with Crippen LogP contribution in [0.25, 0.3) is 5.69 Å². The molecule has 6 heteroatoms. The van der Waals surface area contributed by atoms with Gasteiger partial charge in [0.05, 0.1) is 11.7 Å². The molecule has 3 aromatic heterocycles. The highest BCUT2D eigenvalue weighted by Crippen LogP contribution is 2.29. The van der Waals surface area contributed by atoms with Gasteiger partial charge >= 0.3 is 0 Å². The third-order valence-corrected chi connectivity index (χ3v) is 5.27. The van der Waals surface area contributed by atoms with E-state index in [0.29, 0.717) is 4.88 Å². The average molecular weight is 339 g/mol. The number of hydrogen-bond donors (Lipinski definition) is 2. The number of amides is 1. The molecule has 1 atom stereocenters. The maximum atomic E-state index is 12.8. The van der Waals surface area contributed by atoms with Crippen LogP contribution in [0, 0.1) is 0 Å². The van der Waals surface area contributed by atoms with Crippen LogP contribution in [0.4, 0.5) is 0 Å². The number of fused-ring (bicyclic) bond motifs is 1. The molecular weight excluding hydrogens is 322 g/mol. The van der Waals surface area contributed by atoms with Gasteiger partial charge in [-0.2, -0.15) is 0 Å². The Morgan fingerprint density at radius 3 is 2.92 bits per heavy atom. The van der Waals surface area contributed by atoms with Crippen molar-refractivity contribution in [1.29, 1.82) is 0 Å². The number of nitrogens with one attached hydrogen (secondary N) is 2. The van der Waals surface area contributed by atoms with Gasteiger partial charge in [0.15, 0.2) is 0 Å². The summed E-state index contributed by atoms with van der Waals surface area (Å²) in [4.78, 5) is 27.9. The van der Waals surface area contributed by atoms with Crippen molar-refractivity contribution >= 4 is 17.2 Å². The highest BCUT2D eigenvalue weighted by atomic mass is 32.1. The maximum absolute atomic E-state index is 12.8. The largest absolute Gasteiger partial charge is 0.344 e. The molecule has 3 heterocycles. The van der Waals surface area contributed by atoms with Crippen molar-refractivity contribution in [2.45, 2.75) is 25.3 Å². The van der Waals surface area contributed by atoms with Crippen molar-refractivity contribution in [3.8, 4) is 5.69 Å². The number of aryl methyl sites for hydroxylation is 1. The zero-order valence-corrected chi connectivity index (χ0v) is 13.8. The minimum atomic E-state index is -0.0890. The Morgan fingerprint density at radius 2 is 2.08 bits per heavy atom. The number of hydrogen-bond acceptors (Lipinski definition) is 3. The molecule has 0 spiro atoms. The second kappa shape index (κ2) is 6.13. The summed E-state index contributed by atoms with van der Waals surface area (Å²) in [6.45, 7) is 0. The van der Waals surface area contributed by atoms with Crippen molar-refractivity contribution in [3.63, 3.8) is 0 Å². The molecule has 0 fully saturated rings. The molecule has 122 valence electrons. The lowest BCUT2D eigenvalue weighted by Crippen LogP contribution is -2.32. The van der Waals surface area contributed by atoms with Crippen LogP contribution in [0.2, 0.25) is 0 Å². The van der Waals surface area contributed by atoms with Gasteiger partial charge in [-0.25, -0.2) is 0 Å². The molecule has 0 saturated heterocycles. The van der Waals surface area contributed by atoms with E-state index in [0.717, 1.165) is 36.2 Å². The fourth-order valence-electron chi connectivity index (χ4n) is 3.24. The number of carbonyl (C=O) groups excluding carboxylic acids is 1. The third kappa shape index (κ3) is 2.69. The van der Waals surface area contributed by atoms with E-state index in [-0.39, 0.29) is 17.5 Å². The van der Waals surface area contributed by atoms with Crippen LogP contribution < -0.4 is 10.9 Å². The first-order chi connectivity index (χ1) is 11.7. The summed E-state index contributed by atoms with van der Waals surface area (Å²) in [5.74, 6) is -0.0715. The van der Waals surface area contributed by atoms with E-state index in [1.807, 2.05) is 46.6 Å². The van der Waals surface area contributed by atoms with Crippen LogP contribution in [-0.4, -0.2) is 15.5 Å². The monoisotopic (exact) mass is 339 g/mol. The molecule has 1 aliphatic carbocycles. The minimum absolute atomic E-state index is 0.0577. The predicted octanol–water partition coefficient (Wildman–Crippen LogP) is 3.03. The molecule has 0 radical (unpaired) electrons. The van der Waals surface area contributed by atoms with Gasteiger partial charge < -0.3 is 14.9 Å². The number of aromatic amines is 1. The first-order valence-corrected chi connectivity index (χ1v) is 8.84. The van der Waals surface area contributed by atoms with Gasteiger partial charge in [-0.1, -0.05) is 0 Å². The molecule has 2 N–H and O–H groups in total. The fraction of sp³-hybridized carbons (Fsp3) is 0.222. The maximum Gasteiger partial charge on any atom is 0.263 e. The number of H-pyrrole nitrogens is 1. The van der Waals surface area contributed by atoms with Crippen molar-refractivity contribution in [2.75, 3.05) is 0 Å². The summed E-state index contributed by atoms with van der Waals surface area (Å²) >= 11 is 1.44. The fourth-order valence-corrected chi connectivity index (χ4v) is 4.04. The predicted molar refractivity (Wildman–Crippen MR) is 93.9 cm³/mol. The Balaban J connectivity index is 1.61. The van der Waals surface area contributed by atoms with Crippen molar-refractivity contribution in [2.24, 2.45) is 0 Å². The van der Waals surface area contributed by atoms with Crippen molar-refractivity contribution < 1.29 is 4.79 Å². The molecule has 5 nitrogen and oxygen atoms in total. The van der Waals surface area contributed by atoms with Gasteiger partial charge in [0.1, 0.15) is 4.88 Å². The summed E-state index contributed by atoms with van der Waals surface area (Å²) in [5.41, 5.74) is 2.76. The summed E-state index contributed by atoms with van der Waals surface area (Å²) in [7, 11) is 0. The second-order valence-electron chi connectivity index (χ2n) is 5.90. The summed E-state index contributed by atoms with van der Waals surface area (Å²) in [6.07, 6.45) is 6.55. The van der Waals surface area contributed by atoms with Crippen LogP contribution in [0.3, 0.4) is 0 Å². The quantitative estimate of drug-likeness (QED) is 0.770. The molecule has 0 aliphatic heterocycles. The molecule has 1 aliphatic rings. The second-order valence-corrected chi connectivity index (χ2v) is 6.82. The zero-order chi connectivity index (χ0) is 16.5. The normalized spacial score (nSPS) is 16.6. The van der Waals surface area contributed by atoms with Crippen LogP contribution in [0.1, 0.15) is 39.8 Å². The highest BCUT2D eigenvalue weighted by molar-refractivity contribution is 7.12. The number of rotatable bonds is 3. The van der Waals surface area contributed by atoms with E-state index in [2.05, 4.69) is 10.3 Å². The van der Waals surface area contributed by atoms with Gasteiger partial charge in [0, 0.05) is 24.2 Å². The van der Waals surface area contributed by atoms with Gasteiger partial charge in [0.25, 0.3) is 5.91 Å². The Morgan fingerprint density at radius 1 is 1.25 bits per heavy atom. The lowest BCUT2D eigenvalue weighted by Gasteiger charge is -2.25. The van der Waals surface area contributed by atoms with E-state index in [1.54, 1.807) is 0 Å². The number of aromatic nitrogens is 2. The SMILES string of the molecule is O=C(N[C@@H]1CCCc2[nH]c(=O)ccc21)c1sccc1-n1cccc1. The topological polar surface area (TPSA) is 66.9 Å². The van der Waals surface area contributed by atoms with Crippen LogP contribution in [0.5, 0.6) is 0 Å². The summed E-state index contributed by atoms with van der Waals surface area (Å²) in [5, 5.41) is 5.06. The van der Waals surface area contributed by atoms with Gasteiger partial charge in [0.2, 0.25) is 5.56 Å². The first kappa shape index (κ1) is 15.0. The molecular formula is C18H17N3O2S. The lowest BCUT2D eigenvalue weighted by atomic mass is 9.91. The Hall–Kier alpha value is -2.60. The number of carbonyl (C=O) groups is 1. The van der Waals surface area contributed by atoms with Crippen molar-refractivity contribution in [1.82, 2.24) is 14.9 Å². The minimum Gasteiger partial charge on any atom is -0.344 e. The molecule has 24 heavy (non-hydrogen) atoms. The van der Waals surface area contributed by atoms with E-state index >= 15 is 0 Å². The van der Waals surface area contributed by atoms with E-state index in [1.165, 1.54) is 17.4 Å². The molecule has 3 aromatic rings. The van der Waals surface area contributed by atoms with Crippen LogP contribution in [0.15, 0.2) is 52.9 Å². The molecule has 0 unspecified atom stereocenters. The summed E-state index contributed by atoms with van der Waals surface area (Å²) < 4.78 is 1.94. The van der Waals surface area contributed by atoms with Crippen LogP contribution >= 0.6 is 11.3 Å². The Bertz CT molecular complexity index is 924. The Kier molecular flexibility index (Phi) is 3.82. The number of pyridine rings is 1. The van der Waals surface area contributed by atoms with E-state index in [4.69, 9.17) is 0 Å². The van der Waals surface area contributed by atoms with Gasteiger partial charge in [-0.05, 0) is 54.5 Å². The van der Waals surface area contributed by atoms with E-state index in [9.17, 15) is 9.59 Å². The number of thiophene rings is 1. The standard InChI is InChI=1S/C18H17N3O2S/c22-16-7-6-12-13(19-16)4-3-5-14(12)20-18(23)17-15(8-11-24-17)21-9-1-2-10-21/h1-2,6-11,14H,3-5H2,(H,19,22)(H,20,23)/t14-/m1/s1. The lowest BCUT2D eigenvalue weighted by molar-refractivity contribution is 0.0936. The van der Waals surface area contributed by atoms with Crippen molar-refractivity contribution in [3.05, 3.63) is 74.6 Å². The van der Waals surface area contributed by atoms with Gasteiger partial charge in [-0.3, -0.25) is 9.59 Å². The highest BCUT2D eigenvalue weighted by Gasteiger charge is 2.24. The zero-order valence-electron chi connectivity index (χ0n) is 13.0. The molecule has 0 aromatic carbocycles. The Labute approximate surface area is 143 Å². The van der Waals surface area contributed by atoms with Gasteiger partial charge in [-0.15, -0.1) is 11.3 Å². The first-order valence-electron chi connectivity index (χ1n) is 7.96. The van der Waals surface area contributed by atoms with E-state index < -0.39 is 0 Å². The number of nitrogens with zero attached hydrogens (tertiary/aromatic N) is 1. The van der Waals surface area contributed by atoms with Crippen LogP contribution in [-0.2, 0) is 6.42 Å². The smallest absolute Gasteiger partial charge is 0.263 e. The molecule has 0 bridgehead atoms. The average Bonchev–Trinajstić information content (AvgIpc) is 3.25. The summed E-state index contributed by atoms with van der Waals surface area (Å²) in [6, 6.07) is 9.13. The molecule has 0 saturated carbocycles. The molecule has 1 amide bonds. The third-order valence-electron chi connectivity index (χ3n) is 4.37. The molecule has 4 rings (SSSR count).